The summed E-state index contributed by atoms with van der Waals surface area (Å²) in [6.45, 7) is 1.82. The molecule has 2 aromatic heterocycles. The van der Waals surface area contributed by atoms with Gasteiger partial charge in [-0.2, -0.15) is 10.2 Å². The predicted octanol–water partition coefficient (Wildman–Crippen LogP) is 2.72. The number of carboxylic acid groups (broad SMARTS) is 1. The van der Waals surface area contributed by atoms with E-state index in [0.717, 1.165) is 0 Å². The Morgan fingerprint density at radius 3 is 2.74 bits per heavy atom. The second-order valence-corrected chi connectivity index (χ2v) is 6.26. The number of rotatable bonds is 5. The maximum absolute atomic E-state index is 14.0. The second kappa shape index (κ2) is 7.20. The molecule has 0 atom stereocenters. The number of amides is 1. The Kier molecular flexibility index (Phi) is 4.95. The molecule has 0 bridgehead atoms. The molecule has 0 saturated heterocycles. The molecule has 3 rings (SSSR count). The van der Waals surface area contributed by atoms with Gasteiger partial charge in [0, 0.05) is 35.6 Å². The summed E-state index contributed by atoms with van der Waals surface area (Å²) in [6, 6.07) is 5.97. The molecule has 1 aromatic carbocycles. The first-order chi connectivity index (χ1) is 12.8. The number of benzene rings is 1. The van der Waals surface area contributed by atoms with E-state index in [-0.39, 0.29) is 34.2 Å². The number of nitrogens with zero attached hydrogens (tertiary/aromatic N) is 4. The molecular formula is C17H15ClFN5O3. The molecule has 0 aliphatic rings. The Balaban J connectivity index is 1.83. The van der Waals surface area contributed by atoms with Gasteiger partial charge in [-0.3, -0.25) is 14.2 Å². The largest absolute Gasteiger partial charge is 0.478 e. The van der Waals surface area contributed by atoms with Crippen molar-refractivity contribution in [2.75, 3.05) is 5.32 Å². The Bertz CT molecular complexity index is 1020. The highest BCUT2D eigenvalue weighted by Gasteiger charge is 2.22. The molecule has 27 heavy (non-hydrogen) atoms. The lowest BCUT2D eigenvalue weighted by molar-refractivity contribution is 0.0692. The van der Waals surface area contributed by atoms with Crippen LogP contribution < -0.4 is 5.32 Å². The van der Waals surface area contributed by atoms with Crippen LogP contribution in [0.1, 0.15) is 32.1 Å². The lowest BCUT2D eigenvalue weighted by Crippen LogP contribution is -2.17. The van der Waals surface area contributed by atoms with Gasteiger partial charge in [-0.25, -0.2) is 9.18 Å². The molecule has 0 radical (unpaired) electrons. The quantitative estimate of drug-likeness (QED) is 0.696. The molecule has 10 heteroatoms. The molecular weight excluding hydrogens is 377 g/mol. The summed E-state index contributed by atoms with van der Waals surface area (Å²) >= 11 is 6.04. The Morgan fingerprint density at radius 2 is 2.07 bits per heavy atom. The third-order valence-corrected chi connectivity index (χ3v) is 4.22. The van der Waals surface area contributed by atoms with Crippen LogP contribution in [0.25, 0.3) is 0 Å². The van der Waals surface area contributed by atoms with E-state index in [1.165, 1.54) is 34.7 Å². The van der Waals surface area contributed by atoms with Crippen LogP contribution in [0.2, 0.25) is 5.02 Å². The topological polar surface area (TPSA) is 102 Å². The summed E-state index contributed by atoms with van der Waals surface area (Å²) in [6.07, 6.45) is 1.24. The fraction of sp³-hybridized carbons (Fsp3) is 0.176. The van der Waals surface area contributed by atoms with Crippen LogP contribution in [-0.2, 0) is 13.6 Å². The average Bonchev–Trinajstić information content (AvgIpc) is 3.14. The van der Waals surface area contributed by atoms with E-state index in [0.29, 0.717) is 5.69 Å². The highest BCUT2D eigenvalue weighted by atomic mass is 35.5. The molecule has 0 saturated carbocycles. The Labute approximate surface area is 158 Å². The van der Waals surface area contributed by atoms with Crippen LogP contribution in [-0.4, -0.2) is 36.5 Å². The van der Waals surface area contributed by atoms with Crippen molar-refractivity contribution >= 4 is 29.3 Å². The molecule has 3 aromatic rings. The summed E-state index contributed by atoms with van der Waals surface area (Å²) in [7, 11) is 1.51. The van der Waals surface area contributed by atoms with Gasteiger partial charge in [0.2, 0.25) is 0 Å². The highest BCUT2D eigenvalue weighted by molar-refractivity contribution is 6.31. The average molecular weight is 392 g/mol. The van der Waals surface area contributed by atoms with Crippen molar-refractivity contribution in [2.24, 2.45) is 7.05 Å². The fourth-order valence-electron chi connectivity index (χ4n) is 2.55. The molecule has 2 heterocycles. The highest BCUT2D eigenvalue weighted by Crippen LogP contribution is 2.21. The van der Waals surface area contributed by atoms with E-state index in [1.807, 2.05) is 0 Å². The molecule has 0 unspecified atom stereocenters. The first-order valence-electron chi connectivity index (χ1n) is 7.82. The summed E-state index contributed by atoms with van der Waals surface area (Å²) in [5.41, 5.74) is 0.490. The van der Waals surface area contributed by atoms with Crippen molar-refractivity contribution in [3.63, 3.8) is 0 Å². The number of hydrogen-bond donors (Lipinski definition) is 2. The van der Waals surface area contributed by atoms with E-state index in [9.17, 15) is 14.0 Å². The van der Waals surface area contributed by atoms with Crippen LogP contribution in [0.3, 0.4) is 0 Å². The van der Waals surface area contributed by atoms with Gasteiger partial charge in [0.1, 0.15) is 11.4 Å². The van der Waals surface area contributed by atoms with Gasteiger partial charge >= 0.3 is 5.97 Å². The number of carbonyl (C=O) groups excluding carboxylic acids is 1. The summed E-state index contributed by atoms with van der Waals surface area (Å²) in [4.78, 5) is 23.6. The predicted molar refractivity (Wildman–Crippen MR) is 95.6 cm³/mol. The zero-order valence-electron chi connectivity index (χ0n) is 14.4. The van der Waals surface area contributed by atoms with E-state index in [4.69, 9.17) is 16.7 Å². The zero-order chi connectivity index (χ0) is 19.7. The van der Waals surface area contributed by atoms with Crippen molar-refractivity contribution in [1.82, 2.24) is 19.6 Å². The van der Waals surface area contributed by atoms with Gasteiger partial charge in [-0.05, 0) is 19.1 Å². The van der Waals surface area contributed by atoms with Gasteiger partial charge in [0.15, 0.2) is 11.5 Å². The Morgan fingerprint density at radius 1 is 1.33 bits per heavy atom. The number of halogens is 2. The molecule has 140 valence electrons. The number of carboxylic acids is 1. The molecule has 0 spiro atoms. The number of carbonyl (C=O) groups is 2. The smallest absolute Gasteiger partial charge is 0.339 e. The summed E-state index contributed by atoms with van der Waals surface area (Å²) < 4.78 is 16.7. The monoisotopic (exact) mass is 391 g/mol. The third-order valence-electron chi connectivity index (χ3n) is 3.87. The van der Waals surface area contributed by atoms with Crippen molar-refractivity contribution < 1.29 is 19.1 Å². The van der Waals surface area contributed by atoms with Crippen LogP contribution in [0.15, 0.2) is 30.5 Å². The summed E-state index contributed by atoms with van der Waals surface area (Å²) in [5.74, 6) is -2.24. The number of hydrogen-bond acceptors (Lipinski definition) is 4. The minimum absolute atomic E-state index is 0.0805. The van der Waals surface area contributed by atoms with E-state index < -0.39 is 17.7 Å². The van der Waals surface area contributed by atoms with E-state index >= 15 is 0 Å². The minimum Gasteiger partial charge on any atom is -0.478 e. The normalized spacial score (nSPS) is 10.8. The molecule has 2 N–H and O–H groups in total. The van der Waals surface area contributed by atoms with Crippen LogP contribution in [0, 0.1) is 12.7 Å². The first kappa shape index (κ1) is 18.6. The number of aromatic carboxylic acids is 1. The standard InChI is InChI=1S/C17H15ClFN5O3/c1-9-6-14(20-16(25)15-11(17(26)27)7-23(2)22-15)21-24(9)8-10-12(18)4-3-5-13(10)19/h3-7H,8H2,1-2H3,(H,26,27)(H,20,21,25). The second-order valence-electron chi connectivity index (χ2n) is 5.85. The van der Waals surface area contributed by atoms with Crippen molar-refractivity contribution in [2.45, 2.75) is 13.5 Å². The van der Waals surface area contributed by atoms with Crippen LogP contribution in [0.4, 0.5) is 10.2 Å². The molecule has 8 nitrogen and oxygen atoms in total. The van der Waals surface area contributed by atoms with Gasteiger partial charge in [-0.15, -0.1) is 0 Å². The summed E-state index contributed by atoms with van der Waals surface area (Å²) in [5, 5.41) is 20.0. The van der Waals surface area contributed by atoms with Gasteiger partial charge in [-0.1, -0.05) is 17.7 Å². The van der Waals surface area contributed by atoms with E-state index in [2.05, 4.69) is 15.5 Å². The molecule has 0 fully saturated rings. The number of nitrogens with one attached hydrogen (secondary N) is 1. The maximum atomic E-state index is 14.0. The van der Waals surface area contributed by atoms with Crippen molar-refractivity contribution in [3.05, 3.63) is 63.8 Å². The van der Waals surface area contributed by atoms with Crippen molar-refractivity contribution in [3.8, 4) is 0 Å². The molecule has 0 aliphatic carbocycles. The van der Waals surface area contributed by atoms with Crippen LogP contribution in [0.5, 0.6) is 0 Å². The number of aryl methyl sites for hydroxylation is 2. The fourth-order valence-corrected chi connectivity index (χ4v) is 2.78. The number of anilines is 1. The lowest BCUT2D eigenvalue weighted by Gasteiger charge is -2.07. The van der Waals surface area contributed by atoms with Crippen LogP contribution >= 0.6 is 11.6 Å². The van der Waals surface area contributed by atoms with Gasteiger partial charge in [0.25, 0.3) is 5.91 Å². The maximum Gasteiger partial charge on any atom is 0.339 e. The van der Waals surface area contributed by atoms with Crippen molar-refractivity contribution in [1.29, 1.82) is 0 Å². The third kappa shape index (κ3) is 3.82. The minimum atomic E-state index is -1.26. The SMILES string of the molecule is Cc1cc(NC(=O)c2nn(C)cc2C(=O)O)nn1Cc1c(F)cccc1Cl. The molecule has 1 amide bonds. The van der Waals surface area contributed by atoms with Gasteiger partial charge < -0.3 is 10.4 Å². The molecule has 0 aliphatic heterocycles. The lowest BCUT2D eigenvalue weighted by atomic mass is 10.2. The first-order valence-corrected chi connectivity index (χ1v) is 8.19. The Hall–Kier alpha value is -3.20. The van der Waals surface area contributed by atoms with Gasteiger partial charge in [0.05, 0.1) is 6.54 Å². The number of aromatic nitrogens is 4. The zero-order valence-corrected chi connectivity index (χ0v) is 15.2. The van der Waals surface area contributed by atoms with E-state index in [1.54, 1.807) is 19.1 Å².